The number of aliphatic hydroxyl groups excluding tert-OH is 1. The highest BCUT2D eigenvalue weighted by Crippen LogP contribution is 2.45. The number of imidazole rings is 1. The summed E-state index contributed by atoms with van der Waals surface area (Å²) in [7, 11) is 4.38. The van der Waals surface area contributed by atoms with Gasteiger partial charge < -0.3 is 38.4 Å². The van der Waals surface area contributed by atoms with Crippen LogP contribution in [0.4, 0.5) is 5.82 Å². The number of rotatable bonds is 13. The molecular formula is C40H50N6O7Si. The zero-order valence-corrected chi connectivity index (χ0v) is 33.3. The third-order valence-corrected chi connectivity index (χ3v) is 14.8. The van der Waals surface area contributed by atoms with Gasteiger partial charge in [-0.3, -0.25) is 0 Å². The van der Waals surface area contributed by atoms with Gasteiger partial charge in [-0.1, -0.05) is 75.4 Å². The Balaban J connectivity index is 1.46. The van der Waals surface area contributed by atoms with E-state index in [1.54, 1.807) is 25.5 Å². The lowest BCUT2D eigenvalue weighted by Crippen LogP contribution is -2.49. The summed E-state index contributed by atoms with van der Waals surface area (Å²) in [6.07, 6.45) is -1.16. The van der Waals surface area contributed by atoms with Gasteiger partial charge in [0.1, 0.15) is 47.3 Å². The third-order valence-electron chi connectivity index (χ3n) is 10.3. The monoisotopic (exact) mass is 754 g/mol. The molecule has 0 aliphatic carbocycles. The van der Waals surface area contributed by atoms with Crippen molar-refractivity contribution < 1.29 is 28.5 Å². The highest BCUT2D eigenvalue weighted by atomic mass is 28.4. The maximum absolute atomic E-state index is 13.8. The Hall–Kier alpha value is -4.86. The molecule has 3 aromatic carbocycles. The second kappa shape index (κ2) is 15.5. The van der Waals surface area contributed by atoms with E-state index in [0.29, 0.717) is 17.0 Å². The first-order chi connectivity index (χ1) is 25.7. The van der Waals surface area contributed by atoms with Gasteiger partial charge in [0.25, 0.3) is 0 Å². The molecule has 0 radical (unpaired) electrons. The lowest BCUT2D eigenvalue weighted by Gasteiger charge is -2.40. The minimum absolute atomic E-state index is 0.0769. The summed E-state index contributed by atoms with van der Waals surface area (Å²) in [5.74, 6) is 1.68. The van der Waals surface area contributed by atoms with Crippen molar-refractivity contribution in [2.75, 3.05) is 34.9 Å². The maximum Gasteiger partial charge on any atom is 0.330 e. The first kappa shape index (κ1) is 38.8. The van der Waals surface area contributed by atoms with Crippen molar-refractivity contribution in [3.63, 3.8) is 0 Å². The molecule has 0 spiro atoms. The van der Waals surface area contributed by atoms with Gasteiger partial charge in [-0.25, -0.2) is 24.3 Å². The van der Waals surface area contributed by atoms with Crippen molar-refractivity contribution >= 4 is 31.6 Å². The second-order valence-electron chi connectivity index (χ2n) is 15.1. The zero-order valence-electron chi connectivity index (χ0n) is 32.3. The number of aliphatic imine (C=N–C) groups is 1. The Morgan fingerprint density at radius 1 is 0.926 bits per heavy atom. The highest BCUT2D eigenvalue weighted by molar-refractivity contribution is 6.74. The van der Waals surface area contributed by atoms with Crippen LogP contribution in [0.3, 0.4) is 0 Å². The van der Waals surface area contributed by atoms with E-state index >= 15 is 0 Å². The van der Waals surface area contributed by atoms with Crippen LogP contribution in [0.15, 0.2) is 95.0 Å². The fourth-order valence-corrected chi connectivity index (χ4v) is 7.71. The van der Waals surface area contributed by atoms with Gasteiger partial charge in [0.2, 0.25) is 0 Å². The molecule has 1 fully saturated rings. The van der Waals surface area contributed by atoms with Crippen molar-refractivity contribution in [1.29, 1.82) is 0 Å². The summed E-state index contributed by atoms with van der Waals surface area (Å²) in [6.45, 7) is 10.5. The van der Waals surface area contributed by atoms with Gasteiger partial charge in [-0.05, 0) is 59.1 Å². The van der Waals surface area contributed by atoms with E-state index in [9.17, 15) is 9.90 Å². The molecule has 4 atom stereocenters. The predicted octanol–water partition coefficient (Wildman–Crippen LogP) is 6.02. The molecule has 54 heavy (non-hydrogen) atoms. The molecule has 13 nitrogen and oxygen atoms in total. The number of hydrogen-bond acceptors (Lipinski definition) is 10. The molecule has 6 rings (SSSR count). The van der Waals surface area contributed by atoms with Gasteiger partial charge in [-0.2, -0.15) is 0 Å². The molecule has 1 aliphatic rings. The van der Waals surface area contributed by atoms with E-state index in [-0.39, 0.29) is 23.1 Å². The van der Waals surface area contributed by atoms with Crippen LogP contribution in [0.25, 0.3) is 11.2 Å². The van der Waals surface area contributed by atoms with Crippen LogP contribution in [0.1, 0.15) is 43.7 Å². The Kier molecular flexibility index (Phi) is 11.1. The van der Waals surface area contributed by atoms with Gasteiger partial charge in [0, 0.05) is 14.1 Å². The van der Waals surface area contributed by atoms with E-state index in [1.165, 1.54) is 10.9 Å². The minimum Gasteiger partial charge on any atom is -0.497 e. The largest absolute Gasteiger partial charge is 0.497 e. The number of hydrogen-bond donors (Lipinski definition) is 2. The second-order valence-corrected chi connectivity index (χ2v) is 19.9. The molecule has 1 saturated heterocycles. The molecule has 1 aliphatic heterocycles. The van der Waals surface area contributed by atoms with Gasteiger partial charge >= 0.3 is 5.69 Å². The fourth-order valence-electron chi connectivity index (χ4n) is 6.42. The standard InChI is InChI=1S/C40H50N6O7Si/c1-39(2,3)54(8,9)53-34-33(47)31(52-37(34)46-36-32(44-38(46)48)35(41-24-42-36)43-25-45(4)5)23-51-40(26-13-11-10-12-14-26,27-15-19-29(49-6)20-16-27)28-17-21-30(50-7)22-18-28/h10-22,24-25,31,33-34,37,47H,23H2,1-9H3,(H,44,48)/t31-,33?,34+,37-/m1/s1. The summed E-state index contributed by atoms with van der Waals surface area (Å²) in [5, 5.41) is 12.0. The van der Waals surface area contributed by atoms with E-state index < -0.39 is 44.1 Å². The number of nitrogens with zero attached hydrogens (tertiary/aromatic N) is 5. The third kappa shape index (κ3) is 7.44. The summed E-state index contributed by atoms with van der Waals surface area (Å²) in [4.78, 5) is 31.7. The number of aromatic amines is 1. The molecule has 2 aromatic heterocycles. The maximum atomic E-state index is 13.8. The van der Waals surface area contributed by atoms with E-state index in [4.69, 9.17) is 23.4 Å². The van der Waals surface area contributed by atoms with Crippen LogP contribution in [-0.2, 0) is 19.5 Å². The molecule has 1 unspecified atom stereocenters. The Labute approximate surface area is 316 Å². The topological polar surface area (TPSA) is 146 Å². The molecule has 0 saturated carbocycles. The summed E-state index contributed by atoms with van der Waals surface area (Å²) in [6, 6.07) is 25.3. The Morgan fingerprint density at radius 3 is 2.04 bits per heavy atom. The Morgan fingerprint density at radius 2 is 1.50 bits per heavy atom. The van der Waals surface area contributed by atoms with E-state index in [2.05, 4.69) is 53.8 Å². The zero-order chi connectivity index (χ0) is 38.8. The molecule has 14 heteroatoms. The highest BCUT2D eigenvalue weighted by Gasteiger charge is 2.52. The van der Waals surface area contributed by atoms with Crippen LogP contribution < -0.4 is 15.2 Å². The number of aromatic nitrogens is 4. The first-order valence-electron chi connectivity index (χ1n) is 17.9. The van der Waals surface area contributed by atoms with Crippen LogP contribution >= 0.6 is 0 Å². The number of benzene rings is 3. The summed E-state index contributed by atoms with van der Waals surface area (Å²) < 4.78 is 33.2. The SMILES string of the molecule is COc1ccc(C(OC[C@H]2O[C@@H](n3c(=O)[nH]c4c(N=CN(C)C)ncnc43)[C@@H](O[Si](C)(C)C(C)(C)C)C2O)(c2ccccc2)c2ccc(OC)cc2)cc1. The lowest BCUT2D eigenvalue weighted by atomic mass is 9.80. The average molecular weight is 755 g/mol. The van der Waals surface area contributed by atoms with Crippen molar-refractivity contribution in [1.82, 2.24) is 24.4 Å². The molecule has 5 aromatic rings. The van der Waals surface area contributed by atoms with Crippen molar-refractivity contribution in [3.05, 3.63) is 112 Å². The minimum atomic E-state index is -2.54. The number of H-pyrrole nitrogens is 1. The normalized spacial score (nSPS) is 19.4. The number of aliphatic hydroxyl groups is 1. The van der Waals surface area contributed by atoms with E-state index in [1.807, 2.05) is 93.0 Å². The smallest absolute Gasteiger partial charge is 0.330 e. The molecule has 286 valence electrons. The fraction of sp³-hybridized carbons (Fsp3) is 0.400. The molecule has 3 heterocycles. The molecule has 0 bridgehead atoms. The number of ether oxygens (including phenoxy) is 4. The van der Waals surface area contributed by atoms with Gasteiger partial charge in [0.15, 0.2) is 26.0 Å². The number of methoxy groups -OCH3 is 2. The van der Waals surface area contributed by atoms with Crippen LogP contribution in [0.5, 0.6) is 11.5 Å². The molecule has 2 N–H and O–H groups in total. The average Bonchev–Trinajstić information content (AvgIpc) is 3.65. The Bertz CT molecular complexity index is 2060. The van der Waals surface area contributed by atoms with Gasteiger partial charge in [-0.15, -0.1) is 0 Å². The quantitative estimate of drug-likeness (QED) is 0.0634. The summed E-state index contributed by atoms with van der Waals surface area (Å²) in [5.41, 5.74) is 1.46. The van der Waals surface area contributed by atoms with Crippen molar-refractivity contribution in [3.8, 4) is 11.5 Å². The number of fused-ring (bicyclic) bond motifs is 1. The molecular weight excluding hydrogens is 705 g/mol. The summed E-state index contributed by atoms with van der Waals surface area (Å²) >= 11 is 0. The predicted molar refractivity (Wildman–Crippen MR) is 210 cm³/mol. The lowest BCUT2D eigenvalue weighted by molar-refractivity contribution is -0.0946. The molecule has 0 amide bonds. The van der Waals surface area contributed by atoms with E-state index in [0.717, 1.165) is 16.7 Å². The van der Waals surface area contributed by atoms with Crippen LogP contribution in [-0.4, -0.2) is 97.4 Å². The van der Waals surface area contributed by atoms with Crippen molar-refractivity contribution in [2.24, 2.45) is 4.99 Å². The van der Waals surface area contributed by atoms with Gasteiger partial charge in [0.05, 0.1) is 27.2 Å². The van der Waals surface area contributed by atoms with Crippen LogP contribution in [0.2, 0.25) is 18.1 Å². The van der Waals surface area contributed by atoms with Crippen LogP contribution in [0, 0.1) is 0 Å². The first-order valence-corrected chi connectivity index (χ1v) is 20.8. The number of nitrogens with one attached hydrogen (secondary N) is 1. The van der Waals surface area contributed by atoms with Crippen molar-refractivity contribution in [2.45, 2.75) is 69.0 Å².